The van der Waals surface area contributed by atoms with E-state index in [2.05, 4.69) is 5.32 Å². The fourth-order valence-electron chi connectivity index (χ4n) is 1.40. The largest absolute Gasteiger partial charge is 0.345 e. The van der Waals surface area contributed by atoms with Crippen LogP contribution in [0.2, 0.25) is 5.02 Å². The summed E-state index contributed by atoms with van der Waals surface area (Å²) in [5.41, 5.74) is 5.51. The van der Waals surface area contributed by atoms with E-state index in [-0.39, 0.29) is 29.3 Å². The predicted octanol–water partition coefficient (Wildman–Crippen LogP) is 3.00. The van der Waals surface area contributed by atoms with Gasteiger partial charge in [0.25, 0.3) is 5.91 Å². The lowest BCUT2D eigenvalue weighted by molar-refractivity contribution is 0.0883. The summed E-state index contributed by atoms with van der Waals surface area (Å²) in [7, 11) is 0. The standard InChI is InChI=1S/C13H18ClFN2O.ClH/c1-8(2)13(3,7-16)17-12(18)9-4-5-11(15)10(14)6-9;/h4-6,8H,7,16H2,1-3H3,(H,17,18);1H. The molecular formula is C13H19Cl2FN2O. The van der Waals surface area contributed by atoms with Crippen molar-refractivity contribution in [2.45, 2.75) is 26.3 Å². The Morgan fingerprint density at radius 1 is 1.53 bits per heavy atom. The highest BCUT2D eigenvalue weighted by Crippen LogP contribution is 2.19. The Labute approximate surface area is 124 Å². The van der Waals surface area contributed by atoms with Gasteiger partial charge in [0.15, 0.2) is 0 Å². The zero-order valence-electron chi connectivity index (χ0n) is 11.2. The van der Waals surface area contributed by atoms with E-state index in [0.29, 0.717) is 12.1 Å². The molecule has 1 unspecified atom stereocenters. The molecule has 0 bridgehead atoms. The number of carbonyl (C=O) groups excluding carboxylic acids is 1. The SMILES string of the molecule is CC(C)C(C)(CN)NC(=O)c1ccc(F)c(Cl)c1.Cl. The van der Waals surface area contributed by atoms with Crippen LogP contribution in [0.5, 0.6) is 0 Å². The molecule has 6 heteroatoms. The highest BCUT2D eigenvalue weighted by molar-refractivity contribution is 6.31. The van der Waals surface area contributed by atoms with Crippen LogP contribution < -0.4 is 11.1 Å². The number of hydrogen-bond acceptors (Lipinski definition) is 2. The van der Waals surface area contributed by atoms with Crippen molar-refractivity contribution in [3.63, 3.8) is 0 Å². The summed E-state index contributed by atoms with van der Waals surface area (Å²) in [5, 5.41) is 2.79. The van der Waals surface area contributed by atoms with Crippen LogP contribution in [0.3, 0.4) is 0 Å². The fourth-order valence-corrected chi connectivity index (χ4v) is 1.58. The Balaban J connectivity index is 0.00000324. The Kier molecular flexibility index (Phi) is 6.77. The van der Waals surface area contributed by atoms with Gasteiger partial charge in [0.1, 0.15) is 5.82 Å². The summed E-state index contributed by atoms with van der Waals surface area (Å²) < 4.78 is 13.0. The van der Waals surface area contributed by atoms with Crippen LogP contribution >= 0.6 is 24.0 Å². The smallest absolute Gasteiger partial charge is 0.251 e. The molecule has 1 rings (SSSR count). The molecular weight excluding hydrogens is 290 g/mol. The molecule has 0 saturated heterocycles. The summed E-state index contributed by atoms with van der Waals surface area (Å²) in [6.45, 7) is 6.15. The number of hydrogen-bond donors (Lipinski definition) is 2. The van der Waals surface area contributed by atoms with E-state index in [0.717, 1.165) is 0 Å². The lowest BCUT2D eigenvalue weighted by Crippen LogP contribution is -2.55. The average Bonchev–Trinajstić information content (AvgIpc) is 2.32. The first kappa shape index (κ1) is 18.2. The van der Waals surface area contributed by atoms with E-state index >= 15 is 0 Å². The van der Waals surface area contributed by atoms with Crippen LogP contribution in [-0.4, -0.2) is 18.0 Å². The Bertz CT molecular complexity index is 454. The number of halogens is 3. The molecule has 19 heavy (non-hydrogen) atoms. The maximum atomic E-state index is 13.0. The first-order valence-corrected chi connectivity index (χ1v) is 6.15. The van der Waals surface area contributed by atoms with Crippen LogP contribution in [-0.2, 0) is 0 Å². The molecule has 1 amide bonds. The first-order valence-electron chi connectivity index (χ1n) is 5.78. The van der Waals surface area contributed by atoms with E-state index < -0.39 is 11.4 Å². The number of nitrogens with one attached hydrogen (secondary N) is 1. The molecule has 1 aromatic rings. The van der Waals surface area contributed by atoms with Gasteiger partial charge in [-0.2, -0.15) is 0 Å². The number of nitrogens with two attached hydrogens (primary N) is 1. The minimum Gasteiger partial charge on any atom is -0.345 e. The molecule has 0 aliphatic carbocycles. The van der Waals surface area contributed by atoms with Crippen LogP contribution in [0, 0.1) is 11.7 Å². The lowest BCUT2D eigenvalue weighted by Gasteiger charge is -2.33. The predicted molar refractivity (Wildman–Crippen MR) is 78.4 cm³/mol. The lowest BCUT2D eigenvalue weighted by atomic mass is 9.88. The van der Waals surface area contributed by atoms with E-state index in [9.17, 15) is 9.18 Å². The Morgan fingerprint density at radius 2 is 2.11 bits per heavy atom. The summed E-state index contributed by atoms with van der Waals surface area (Å²) in [4.78, 5) is 12.0. The molecule has 0 fully saturated rings. The van der Waals surface area contributed by atoms with Crippen molar-refractivity contribution in [1.29, 1.82) is 0 Å². The van der Waals surface area contributed by atoms with Crippen LogP contribution in [0.15, 0.2) is 18.2 Å². The molecule has 0 heterocycles. The third-order valence-electron chi connectivity index (χ3n) is 3.28. The van der Waals surface area contributed by atoms with E-state index in [1.54, 1.807) is 0 Å². The van der Waals surface area contributed by atoms with Gasteiger partial charge in [-0.3, -0.25) is 4.79 Å². The zero-order chi connectivity index (χ0) is 13.9. The minimum atomic E-state index is -0.543. The molecule has 0 radical (unpaired) electrons. The van der Waals surface area contributed by atoms with Crippen LogP contribution in [0.4, 0.5) is 4.39 Å². The summed E-state index contributed by atoms with van der Waals surface area (Å²) >= 11 is 5.65. The van der Waals surface area contributed by atoms with Gasteiger partial charge in [-0.15, -0.1) is 12.4 Å². The number of amides is 1. The Morgan fingerprint density at radius 3 is 2.53 bits per heavy atom. The molecule has 0 aliphatic rings. The molecule has 0 aromatic heterocycles. The van der Waals surface area contributed by atoms with Crippen molar-refractivity contribution in [1.82, 2.24) is 5.32 Å². The third-order valence-corrected chi connectivity index (χ3v) is 3.57. The molecule has 108 valence electrons. The fraction of sp³-hybridized carbons (Fsp3) is 0.462. The quantitative estimate of drug-likeness (QED) is 0.898. The van der Waals surface area contributed by atoms with Crippen molar-refractivity contribution < 1.29 is 9.18 Å². The summed E-state index contributed by atoms with van der Waals surface area (Å²) in [6.07, 6.45) is 0. The maximum absolute atomic E-state index is 13.0. The minimum absolute atomic E-state index is 0. The molecule has 1 aromatic carbocycles. The van der Waals surface area contributed by atoms with E-state index in [1.165, 1.54) is 18.2 Å². The van der Waals surface area contributed by atoms with E-state index in [1.807, 2.05) is 20.8 Å². The molecule has 0 spiro atoms. The second-order valence-electron chi connectivity index (χ2n) is 4.86. The van der Waals surface area contributed by atoms with Crippen LogP contribution in [0.25, 0.3) is 0 Å². The zero-order valence-corrected chi connectivity index (χ0v) is 12.7. The van der Waals surface area contributed by atoms with Crippen molar-refractivity contribution >= 4 is 29.9 Å². The number of benzene rings is 1. The molecule has 1 atom stereocenters. The van der Waals surface area contributed by atoms with Gasteiger partial charge in [0, 0.05) is 12.1 Å². The van der Waals surface area contributed by atoms with Gasteiger partial charge in [0.05, 0.1) is 10.6 Å². The molecule has 0 saturated carbocycles. The molecule has 3 N–H and O–H groups in total. The van der Waals surface area contributed by atoms with Crippen LogP contribution in [0.1, 0.15) is 31.1 Å². The summed E-state index contributed by atoms with van der Waals surface area (Å²) in [5.74, 6) is -0.667. The van der Waals surface area contributed by atoms with E-state index in [4.69, 9.17) is 17.3 Å². The van der Waals surface area contributed by atoms with Crippen molar-refractivity contribution in [2.75, 3.05) is 6.54 Å². The van der Waals surface area contributed by atoms with Gasteiger partial charge in [0.2, 0.25) is 0 Å². The first-order chi connectivity index (χ1) is 8.30. The van der Waals surface area contributed by atoms with Gasteiger partial charge in [-0.1, -0.05) is 25.4 Å². The average molecular weight is 309 g/mol. The maximum Gasteiger partial charge on any atom is 0.251 e. The Hall–Kier alpha value is -0.840. The number of carbonyl (C=O) groups is 1. The van der Waals surface area contributed by atoms with Crippen molar-refractivity contribution in [2.24, 2.45) is 11.7 Å². The third kappa shape index (κ3) is 4.34. The van der Waals surface area contributed by atoms with Gasteiger partial charge in [-0.05, 0) is 31.0 Å². The van der Waals surface area contributed by atoms with Crippen molar-refractivity contribution in [3.8, 4) is 0 Å². The van der Waals surface area contributed by atoms with Gasteiger partial charge in [-0.25, -0.2) is 4.39 Å². The normalized spacial score (nSPS) is 13.6. The van der Waals surface area contributed by atoms with Crippen molar-refractivity contribution in [3.05, 3.63) is 34.6 Å². The second-order valence-corrected chi connectivity index (χ2v) is 5.27. The topological polar surface area (TPSA) is 55.1 Å². The molecule has 0 aliphatic heterocycles. The highest BCUT2D eigenvalue weighted by atomic mass is 35.5. The van der Waals surface area contributed by atoms with Gasteiger partial charge >= 0.3 is 0 Å². The second kappa shape index (κ2) is 7.08. The monoisotopic (exact) mass is 308 g/mol. The van der Waals surface area contributed by atoms with Gasteiger partial charge < -0.3 is 11.1 Å². The summed E-state index contributed by atoms with van der Waals surface area (Å²) in [6, 6.07) is 3.88. The number of rotatable bonds is 4. The highest BCUT2D eigenvalue weighted by Gasteiger charge is 2.29. The molecule has 3 nitrogen and oxygen atoms in total.